The Hall–Kier alpha value is -1.82. The molecule has 1 aromatic carbocycles. The molecule has 0 saturated carbocycles. The Labute approximate surface area is 121 Å². The third kappa shape index (κ3) is 3.10. The highest BCUT2D eigenvalue weighted by atomic mass is 19.4. The van der Waals surface area contributed by atoms with Gasteiger partial charge in [-0.3, -0.25) is 4.68 Å². The van der Waals surface area contributed by atoms with Gasteiger partial charge in [-0.1, -0.05) is 25.1 Å². The molecule has 3 nitrogen and oxygen atoms in total. The Bertz CT molecular complexity index is 617. The number of aromatic nitrogens is 2. The molecule has 0 fully saturated rings. The fourth-order valence-electron chi connectivity index (χ4n) is 2.35. The molecule has 0 spiro atoms. The Morgan fingerprint density at radius 2 is 1.90 bits per heavy atom. The van der Waals surface area contributed by atoms with Crippen LogP contribution >= 0.6 is 0 Å². The van der Waals surface area contributed by atoms with Crippen molar-refractivity contribution in [1.29, 1.82) is 0 Å². The predicted molar refractivity (Wildman–Crippen MR) is 74.8 cm³/mol. The van der Waals surface area contributed by atoms with E-state index in [1.54, 1.807) is 16.8 Å². The van der Waals surface area contributed by atoms with Crippen molar-refractivity contribution in [2.75, 3.05) is 0 Å². The number of hydrogen-bond donors (Lipinski definition) is 1. The quantitative estimate of drug-likeness (QED) is 0.938. The monoisotopic (exact) mass is 297 g/mol. The lowest BCUT2D eigenvalue weighted by Crippen LogP contribution is -2.21. The van der Waals surface area contributed by atoms with Crippen LogP contribution in [0.4, 0.5) is 13.2 Å². The molecule has 0 radical (unpaired) electrons. The van der Waals surface area contributed by atoms with Crippen molar-refractivity contribution in [2.24, 2.45) is 5.73 Å². The summed E-state index contributed by atoms with van der Waals surface area (Å²) in [5.74, 6) is 0. The molecule has 0 saturated heterocycles. The smallest absolute Gasteiger partial charge is 0.319 e. The highest BCUT2D eigenvalue weighted by molar-refractivity contribution is 5.37. The molecule has 0 bridgehead atoms. The molecule has 2 N–H and O–H groups in total. The summed E-state index contributed by atoms with van der Waals surface area (Å²) in [6.45, 7) is 4.40. The van der Waals surface area contributed by atoms with E-state index in [2.05, 4.69) is 5.10 Å². The van der Waals surface area contributed by atoms with Gasteiger partial charge in [0.25, 0.3) is 0 Å². The molecule has 0 aliphatic heterocycles. The second kappa shape index (κ2) is 5.89. The van der Waals surface area contributed by atoms with Gasteiger partial charge in [0.1, 0.15) is 0 Å². The summed E-state index contributed by atoms with van der Waals surface area (Å²) in [7, 11) is 0. The fourth-order valence-corrected chi connectivity index (χ4v) is 2.35. The number of halogens is 3. The van der Waals surface area contributed by atoms with Crippen LogP contribution in [0.1, 0.15) is 42.4 Å². The molecular weight excluding hydrogens is 279 g/mol. The Morgan fingerprint density at radius 1 is 1.24 bits per heavy atom. The van der Waals surface area contributed by atoms with Crippen molar-refractivity contribution in [2.45, 2.75) is 39.0 Å². The predicted octanol–water partition coefficient (Wildman–Crippen LogP) is 3.53. The van der Waals surface area contributed by atoms with Crippen molar-refractivity contribution in [3.05, 3.63) is 52.8 Å². The second-order valence-corrected chi connectivity index (χ2v) is 4.79. The van der Waals surface area contributed by atoms with Crippen LogP contribution < -0.4 is 5.73 Å². The van der Waals surface area contributed by atoms with Crippen LogP contribution in [0.15, 0.2) is 30.3 Å². The summed E-state index contributed by atoms with van der Waals surface area (Å²) < 4.78 is 41.0. The second-order valence-electron chi connectivity index (χ2n) is 4.79. The molecule has 2 aromatic rings. The molecule has 6 heteroatoms. The molecule has 1 heterocycles. The number of nitrogens with zero attached hydrogens (tertiary/aromatic N) is 2. The lowest BCUT2D eigenvalue weighted by molar-refractivity contribution is -0.138. The lowest BCUT2D eigenvalue weighted by atomic mass is 9.98. The maximum atomic E-state index is 13.1. The molecule has 1 atom stereocenters. The van der Waals surface area contributed by atoms with Gasteiger partial charge in [-0.05, 0) is 31.0 Å². The van der Waals surface area contributed by atoms with Gasteiger partial charge in [0.05, 0.1) is 23.0 Å². The molecule has 0 aliphatic rings. The van der Waals surface area contributed by atoms with Gasteiger partial charge in [-0.15, -0.1) is 0 Å². The zero-order valence-corrected chi connectivity index (χ0v) is 12.0. The maximum absolute atomic E-state index is 13.1. The van der Waals surface area contributed by atoms with Gasteiger partial charge in [0.2, 0.25) is 0 Å². The van der Waals surface area contributed by atoms with E-state index in [1.165, 1.54) is 12.1 Å². The van der Waals surface area contributed by atoms with Gasteiger partial charge >= 0.3 is 6.18 Å². The minimum atomic E-state index is -4.42. The Kier molecular flexibility index (Phi) is 4.37. The van der Waals surface area contributed by atoms with Crippen LogP contribution in [-0.2, 0) is 19.1 Å². The van der Waals surface area contributed by atoms with Gasteiger partial charge < -0.3 is 5.73 Å². The van der Waals surface area contributed by atoms with Gasteiger partial charge in [-0.2, -0.15) is 18.3 Å². The number of rotatable bonds is 4. The van der Waals surface area contributed by atoms with Crippen molar-refractivity contribution < 1.29 is 13.2 Å². The number of alkyl halides is 3. The van der Waals surface area contributed by atoms with Gasteiger partial charge in [0.15, 0.2) is 0 Å². The van der Waals surface area contributed by atoms with Crippen LogP contribution in [0.25, 0.3) is 0 Å². The molecule has 1 unspecified atom stereocenters. The summed E-state index contributed by atoms with van der Waals surface area (Å²) in [5.41, 5.74) is 6.90. The summed E-state index contributed by atoms with van der Waals surface area (Å²) >= 11 is 0. The van der Waals surface area contributed by atoms with E-state index < -0.39 is 17.8 Å². The summed E-state index contributed by atoms with van der Waals surface area (Å²) in [6, 6.07) is 6.34. The molecule has 1 aromatic heterocycles. The minimum Gasteiger partial charge on any atom is -0.319 e. The van der Waals surface area contributed by atoms with Crippen LogP contribution in [0.5, 0.6) is 0 Å². The highest BCUT2D eigenvalue weighted by Gasteiger charge is 2.35. The number of aryl methyl sites for hydroxylation is 2. The number of hydrogen-bond acceptors (Lipinski definition) is 2. The van der Waals surface area contributed by atoms with E-state index in [1.807, 2.05) is 13.8 Å². The van der Waals surface area contributed by atoms with E-state index in [-0.39, 0.29) is 5.56 Å². The van der Waals surface area contributed by atoms with Crippen molar-refractivity contribution in [1.82, 2.24) is 9.78 Å². The molecule has 0 aliphatic carbocycles. The molecular formula is C15H18F3N3. The number of benzene rings is 1. The standard InChI is InChI=1S/C15H18F3N3/c1-3-10-9-13(21(4-2)20-10)14(19)11-7-5-6-8-12(11)15(16,17)18/h5-9,14H,3-4,19H2,1-2H3. The third-order valence-electron chi connectivity index (χ3n) is 3.44. The van der Waals surface area contributed by atoms with Crippen molar-refractivity contribution in [3.63, 3.8) is 0 Å². The first kappa shape index (κ1) is 15.6. The zero-order valence-electron chi connectivity index (χ0n) is 12.0. The molecule has 21 heavy (non-hydrogen) atoms. The van der Waals surface area contributed by atoms with E-state index >= 15 is 0 Å². The maximum Gasteiger partial charge on any atom is 0.416 e. The SMILES string of the molecule is CCc1cc(C(N)c2ccccc2C(F)(F)F)n(CC)n1. The van der Waals surface area contributed by atoms with Crippen LogP contribution in [-0.4, -0.2) is 9.78 Å². The first-order chi connectivity index (χ1) is 9.88. The van der Waals surface area contributed by atoms with Gasteiger partial charge in [0, 0.05) is 6.54 Å². The van der Waals surface area contributed by atoms with Crippen molar-refractivity contribution >= 4 is 0 Å². The zero-order chi connectivity index (χ0) is 15.6. The van der Waals surface area contributed by atoms with Crippen molar-refractivity contribution in [3.8, 4) is 0 Å². The van der Waals surface area contributed by atoms with E-state index in [0.29, 0.717) is 18.7 Å². The van der Waals surface area contributed by atoms with Crippen LogP contribution in [0.2, 0.25) is 0 Å². The summed E-state index contributed by atoms with van der Waals surface area (Å²) in [6.07, 6.45) is -3.70. The third-order valence-corrected chi connectivity index (χ3v) is 3.44. The fraction of sp³-hybridized carbons (Fsp3) is 0.400. The summed E-state index contributed by atoms with van der Waals surface area (Å²) in [4.78, 5) is 0. The average molecular weight is 297 g/mol. The lowest BCUT2D eigenvalue weighted by Gasteiger charge is -2.19. The topological polar surface area (TPSA) is 43.8 Å². The summed E-state index contributed by atoms with van der Waals surface area (Å²) in [5, 5.41) is 4.34. The molecule has 114 valence electrons. The largest absolute Gasteiger partial charge is 0.416 e. The van der Waals surface area contributed by atoms with E-state index in [4.69, 9.17) is 5.73 Å². The van der Waals surface area contributed by atoms with Crippen LogP contribution in [0, 0.1) is 0 Å². The minimum absolute atomic E-state index is 0.0715. The first-order valence-corrected chi connectivity index (χ1v) is 6.86. The normalized spacial score (nSPS) is 13.4. The average Bonchev–Trinajstić information content (AvgIpc) is 2.89. The molecule has 0 amide bonds. The van der Waals surface area contributed by atoms with E-state index in [9.17, 15) is 13.2 Å². The van der Waals surface area contributed by atoms with Gasteiger partial charge in [-0.25, -0.2) is 0 Å². The van der Waals surface area contributed by atoms with E-state index in [0.717, 1.165) is 11.8 Å². The van der Waals surface area contributed by atoms with Crippen LogP contribution in [0.3, 0.4) is 0 Å². The highest BCUT2D eigenvalue weighted by Crippen LogP contribution is 2.35. The molecule has 2 rings (SSSR count). The Morgan fingerprint density at radius 3 is 2.48 bits per heavy atom. The number of nitrogens with two attached hydrogens (primary N) is 1. The first-order valence-electron chi connectivity index (χ1n) is 6.86. The Balaban J connectivity index is 2.50.